The third-order valence-corrected chi connectivity index (χ3v) is 5.70. The highest BCUT2D eigenvalue weighted by Crippen LogP contribution is 2.28. The van der Waals surface area contributed by atoms with Crippen molar-refractivity contribution in [1.29, 1.82) is 0 Å². The number of ether oxygens (including phenoxy) is 1. The molecule has 0 aliphatic heterocycles. The third kappa shape index (κ3) is 4.86. The molecule has 0 spiro atoms. The number of fused-ring (bicyclic) bond motifs is 1. The number of aromatic nitrogens is 1. The zero-order valence-corrected chi connectivity index (χ0v) is 18.8. The van der Waals surface area contributed by atoms with E-state index in [1.54, 1.807) is 0 Å². The van der Waals surface area contributed by atoms with Crippen molar-refractivity contribution in [3.05, 3.63) is 59.3 Å². The van der Waals surface area contributed by atoms with Gasteiger partial charge < -0.3 is 14.6 Å². The number of nitrogens with one attached hydrogen (secondary N) is 1. The molecule has 3 rings (SSSR count). The summed E-state index contributed by atoms with van der Waals surface area (Å²) in [5, 5.41) is 4.22. The van der Waals surface area contributed by atoms with Crippen LogP contribution in [-0.2, 0) is 13.0 Å². The summed E-state index contributed by atoms with van der Waals surface area (Å²) in [5.74, 6) is 0.771. The average Bonchev–Trinajstić information content (AvgIpc) is 3.05. The highest BCUT2D eigenvalue weighted by molar-refractivity contribution is 6.08. The van der Waals surface area contributed by atoms with Crippen LogP contribution in [0.5, 0.6) is 5.75 Å². The molecule has 0 aliphatic carbocycles. The molecule has 0 unspecified atom stereocenters. The van der Waals surface area contributed by atoms with Gasteiger partial charge in [0.25, 0.3) is 5.91 Å². The van der Waals surface area contributed by atoms with Crippen LogP contribution in [0.2, 0.25) is 0 Å². The maximum absolute atomic E-state index is 13.1. The summed E-state index contributed by atoms with van der Waals surface area (Å²) in [7, 11) is 0. The topological polar surface area (TPSA) is 43.3 Å². The molecule has 0 saturated carbocycles. The van der Waals surface area contributed by atoms with Crippen molar-refractivity contribution < 1.29 is 9.53 Å². The molecule has 160 valence electrons. The summed E-state index contributed by atoms with van der Waals surface area (Å²) >= 11 is 0. The number of hydrogen-bond donors (Lipinski definition) is 1. The predicted molar refractivity (Wildman–Crippen MR) is 126 cm³/mol. The number of carbonyl (C=O) groups excluding carboxylic acids is 1. The van der Waals surface area contributed by atoms with Crippen LogP contribution in [0.15, 0.2) is 42.5 Å². The van der Waals surface area contributed by atoms with Gasteiger partial charge in [-0.2, -0.15) is 0 Å². The lowest BCUT2D eigenvalue weighted by Gasteiger charge is -2.11. The van der Waals surface area contributed by atoms with E-state index in [-0.39, 0.29) is 5.91 Å². The number of benzene rings is 2. The maximum atomic E-state index is 13.1. The summed E-state index contributed by atoms with van der Waals surface area (Å²) in [6.07, 6.45) is 5.75. The second kappa shape index (κ2) is 10.3. The van der Waals surface area contributed by atoms with Crippen LogP contribution in [0.1, 0.15) is 68.1 Å². The molecule has 30 heavy (non-hydrogen) atoms. The molecule has 0 saturated heterocycles. The van der Waals surface area contributed by atoms with E-state index in [1.165, 1.54) is 24.8 Å². The van der Waals surface area contributed by atoms with Gasteiger partial charge in [0.2, 0.25) is 0 Å². The summed E-state index contributed by atoms with van der Waals surface area (Å²) in [6, 6.07) is 14.1. The lowest BCUT2D eigenvalue weighted by molar-refractivity contribution is 0.101. The van der Waals surface area contributed by atoms with Gasteiger partial charge in [0, 0.05) is 23.1 Å². The molecule has 1 heterocycles. The second-order valence-electron chi connectivity index (χ2n) is 7.81. The van der Waals surface area contributed by atoms with E-state index >= 15 is 0 Å². The molecule has 1 N–H and O–H groups in total. The molecule has 0 bridgehead atoms. The van der Waals surface area contributed by atoms with Crippen LogP contribution in [0.4, 0.5) is 5.69 Å². The minimum Gasteiger partial charge on any atom is -0.494 e. The molecule has 4 nitrogen and oxygen atoms in total. The van der Waals surface area contributed by atoms with Crippen LogP contribution in [0.3, 0.4) is 0 Å². The fraction of sp³-hybridized carbons (Fsp3) is 0.423. The minimum atomic E-state index is -0.0724. The van der Waals surface area contributed by atoms with Crippen LogP contribution in [0, 0.1) is 6.92 Å². The number of anilines is 1. The van der Waals surface area contributed by atoms with Gasteiger partial charge in [0.05, 0.1) is 6.61 Å². The van der Waals surface area contributed by atoms with E-state index in [2.05, 4.69) is 48.9 Å². The van der Waals surface area contributed by atoms with Crippen molar-refractivity contribution >= 4 is 22.5 Å². The molecule has 3 aromatic rings. The molecule has 0 atom stereocenters. The Morgan fingerprint density at radius 3 is 2.43 bits per heavy atom. The molecular formula is C26H34N2O2. The van der Waals surface area contributed by atoms with Crippen LogP contribution < -0.4 is 10.1 Å². The standard InChI is InChI=1S/C26H34N2O2/c1-5-8-9-10-17-30-22-14-12-21(13-15-22)27-26(29)25-19(4)23-18-20(6-2)11-16-24(23)28(25)7-3/h11-16,18H,5-10,17H2,1-4H3,(H,27,29). The van der Waals surface area contributed by atoms with Crippen LogP contribution in [0.25, 0.3) is 10.9 Å². The van der Waals surface area contributed by atoms with Gasteiger partial charge in [0.1, 0.15) is 11.4 Å². The van der Waals surface area contributed by atoms with Crippen LogP contribution >= 0.6 is 0 Å². The molecule has 0 fully saturated rings. The Morgan fingerprint density at radius 1 is 1.00 bits per heavy atom. The average molecular weight is 407 g/mol. The second-order valence-corrected chi connectivity index (χ2v) is 7.81. The largest absolute Gasteiger partial charge is 0.494 e. The molecule has 0 aliphatic rings. The van der Waals surface area contributed by atoms with E-state index in [9.17, 15) is 4.79 Å². The molecule has 0 radical (unpaired) electrons. The van der Waals surface area contributed by atoms with E-state index in [0.717, 1.165) is 59.6 Å². The van der Waals surface area contributed by atoms with Gasteiger partial charge >= 0.3 is 0 Å². The Kier molecular flexibility index (Phi) is 7.56. The SMILES string of the molecule is CCCCCCOc1ccc(NC(=O)c2c(C)c3cc(CC)ccc3n2CC)cc1. The molecule has 4 heteroatoms. The summed E-state index contributed by atoms with van der Waals surface area (Å²) < 4.78 is 7.90. The Hall–Kier alpha value is -2.75. The number of rotatable bonds is 10. The number of unbranched alkanes of at least 4 members (excludes halogenated alkanes) is 3. The van der Waals surface area contributed by atoms with Crippen molar-refractivity contribution in [2.75, 3.05) is 11.9 Å². The van der Waals surface area contributed by atoms with Gasteiger partial charge in [-0.1, -0.05) is 39.2 Å². The monoisotopic (exact) mass is 406 g/mol. The highest BCUT2D eigenvalue weighted by atomic mass is 16.5. The van der Waals surface area contributed by atoms with E-state index in [4.69, 9.17) is 4.74 Å². The molecule has 1 aromatic heterocycles. The lowest BCUT2D eigenvalue weighted by atomic mass is 10.1. The van der Waals surface area contributed by atoms with E-state index in [0.29, 0.717) is 0 Å². The van der Waals surface area contributed by atoms with Gasteiger partial charge in [-0.15, -0.1) is 0 Å². The Labute approximate surface area is 180 Å². The maximum Gasteiger partial charge on any atom is 0.272 e. The first-order chi connectivity index (χ1) is 14.6. The third-order valence-electron chi connectivity index (χ3n) is 5.70. The zero-order chi connectivity index (χ0) is 21.5. The van der Waals surface area contributed by atoms with Crippen molar-refractivity contribution in [3.8, 4) is 5.75 Å². The first kappa shape index (κ1) is 21.9. The fourth-order valence-corrected chi connectivity index (χ4v) is 3.95. The van der Waals surface area contributed by atoms with E-state index < -0.39 is 0 Å². The summed E-state index contributed by atoms with van der Waals surface area (Å²) in [4.78, 5) is 13.1. The lowest BCUT2D eigenvalue weighted by Crippen LogP contribution is -2.17. The van der Waals surface area contributed by atoms with Crippen molar-refractivity contribution in [2.45, 2.75) is 66.3 Å². The fourth-order valence-electron chi connectivity index (χ4n) is 3.95. The number of amides is 1. The normalized spacial score (nSPS) is 11.1. The first-order valence-electron chi connectivity index (χ1n) is 11.2. The predicted octanol–water partition coefficient (Wildman–Crippen LogP) is 6.74. The van der Waals surface area contributed by atoms with Gasteiger partial charge in [0.15, 0.2) is 0 Å². The van der Waals surface area contributed by atoms with Crippen molar-refractivity contribution in [3.63, 3.8) is 0 Å². The summed E-state index contributed by atoms with van der Waals surface area (Å²) in [6.45, 7) is 9.97. The number of nitrogens with zero attached hydrogens (tertiary/aromatic N) is 1. The van der Waals surface area contributed by atoms with Gasteiger partial charge in [-0.3, -0.25) is 4.79 Å². The van der Waals surface area contributed by atoms with Crippen molar-refractivity contribution in [2.24, 2.45) is 0 Å². The Balaban J connectivity index is 1.73. The smallest absolute Gasteiger partial charge is 0.272 e. The van der Waals surface area contributed by atoms with E-state index in [1.807, 2.05) is 31.2 Å². The number of carbonyl (C=O) groups is 1. The quantitative estimate of drug-likeness (QED) is 0.379. The van der Waals surface area contributed by atoms with Gasteiger partial charge in [-0.25, -0.2) is 0 Å². The number of hydrogen-bond acceptors (Lipinski definition) is 2. The minimum absolute atomic E-state index is 0.0724. The molecular weight excluding hydrogens is 372 g/mol. The molecule has 2 aromatic carbocycles. The van der Waals surface area contributed by atoms with Crippen molar-refractivity contribution in [1.82, 2.24) is 4.57 Å². The first-order valence-corrected chi connectivity index (χ1v) is 11.2. The Bertz CT molecular complexity index is 986. The van der Waals surface area contributed by atoms with Gasteiger partial charge in [-0.05, 0) is 74.2 Å². The van der Waals surface area contributed by atoms with Crippen LogP contribution in [-0.4, -0.2) is 17.1 Å². The molecule has 1 amide bonds. The zero-order valence-electron chi connectivity index (χ0n) is 18.8. The highest BCUT2D eigenvalue weighted by Gasteiger charge is 2.20. The number of aryl methyl sites for hydroxylation is 3. The summed E-state index contributed by atoms with van der Waals surface area (Å²) in [5.41, 5.74) is 4.95. The Morgan fingerprint density at radius 2 is 1.77 bits per heavy atom.